The number of hydrogen-bond acceptors (Lipinski definition) is 3. The number of carboxylic acid groups (broad SMARTS) is 1. The second kappa shape index (κ2) is 4.28. The van der Waals surface area contributed by atoms with Gasteiger partial charge in [0.25, 0.3) is 0 Å². The minimum atomic E-state index is -0.690. The smallest absolute Gasteiger partial charge is 0.310 e. The van der Waals surface area contributed by atoms with Crippen LogP contribution in [0, 0.1) is 5.41 Å². The van der Waals surface area contributed by atoms with Gasteiger partial charge in [0.2, 0.25) is 0 Å². The van der Waals surface area contributed by atoms with E-state index in [4.69, 9.17) is 9.84 Å². The summed E-state index contributed by atoms with van der Waals surface area (Å²) in [7, 11) is 1.68. The van der Waals surface area contributed by atoms with E-state index in [1.165, 1.54) is 0 Å². The van der Waals surface area contributed by atoms with Gasteiger partial charge in [0.05, 0.1) is 11.5 Å². The maximum Gasteiger partial charge on any atom is 0.310 e. The molecule has 1 heterocycles. The van der Waals surface area contributed by atoms with Gasteiger partial charge in [0.15, 0.2) is 0 Å². The molecule has 0 aromatic heterocycles. The van der Waals surface area contributed by atoms with E-state index < -0.39 is 11.4 Å². The van der Waals surface area contributed by atoms with E-state index in [1.54, 1.807) is 7.11 Å². The molecule has 0 radical (unpaired) electrons. The number of carbonyl (C=O) groups is 1. The summed E-state index contributed by atoms with van der Waals surface area (Å²) in [5, 5.41) is 9.02. The van der Waals surface area contributed by atoms with Crippen LogP contribution in [-0.4, -0.2) is 48.8 Å². The van der Waals surface area contributed by atoms with Gasteiger partial charge in [-0.05, 0) is 26.8 Å². The fourth-order valence-electron chi connectivity index (χ4n) is 1.83. The molecule has 1 saturated heterocycles. The maximum absolute atomic E-state index is 11.0. The van der Waals surface area contributed by atoms with Crippen LogP contribution in [0.5, 0.6) is 0 Å². The topological polar surface area (TPSA) is 49.8 Å². The summed E-state index contributed by atoms with van der Waals surface area (Å²) in [6.07, 6.45) is 0.907. The third-order valence-electron chi connectivity index (χ3n) is 2.99. The average molecular weight is 201 g/mol. The number of rotatable bonds is 4. The highest BCUT2D eigenvalue weighted by molar-refractivity contribution is 5.74. The largest absolute Gasteiger partial charge is 0.481 e. The van der Waals surface area contributed by atoms with Gasteiger partial charge in [0, 0.05) is 20.2 Å². The van der Waals surface area contributed by atoms with Crippen LogP contribution in [0.3, 0.4) is 0 Å². The Bertz CT molecular complexity index is 219. The van der Waals surface area contributed by atoms with Crippen molar-refractivity contribution in [2.24, 2.45) is 5.41 Å². The molecule has 82 valence electrons. The molecule has 0 bridgehead atoms. The van der Waals surface area contributed by atoms with Crippen LogP contribution < -0.4 is 0 Å². The Morgan fingerprint density at radius 2 is 2.36 bits per heavy atom. The molecule has 0 aromatic carbocycles. The monoisotopic (exact) mass is 201 g/mol. The molecule has 0 saturated carbocycles. The van der Waals surface area contributed by atoms with Gasteiger partial charge in [-0.3, -0.25) is 9.69 Å². The third-order valence-corrected chi connectivity index (χ3v) is 2.99. The minimum absolute atomic E-state index is 0.172. The van der Waals surface area contributed by atoms with Gasteiger partial charge < -0.3 is 9.84 Å². The quantitative estimate of drug-likeness (QED) is 0.731. The summed E-state index contributed by atoms with van der Waals surface area (Å²) in [5.41, 5.74) is -0.562. The van der Waals surface area contributed by atoms with E-state index in [0.29, 0.717) is 6.54 Å². The van der Waals surface area contributed by atoms with E-state index in [-0.39, 0.29) is 6.10 Å². The van der Waals surface area contributed by atoms with Crippen LogP contribution in [0.15, 0.2) is 0 Å². The summed E-state index contributed by atoms with van der Waals surface area (Å²) < 4.78 is 5.15. The zero-order valence-corrected chi connectivity index (χ0v) is 9.12. The third kappa shape index (κ3) is 2.45. The molecule has 0 aliphatic carbocycles. The number of likely N-dealkylation sites (tertiary alicyclic amines) is 1. The van der Waals surface area contributed by atoms with Gasteiger partial charge in [-0.25, -0.2) is 0 Å². The predicted octanol–water partition coefficient (Wildman–Crippen LogP) is 0.818. The van der Waals surface area contributed by atoms with Crippen LogP contribution >= 0.6 is 0 Å². The first-order valence-corrected chi connectivity index (χ1v) is 4.96. The van der Waals surface area contributed by atoms with Crippen LogP contribution in [0.25, 0.3) is 0 Å². The van der Waals surface area contributed by atoms with Gasteiger partial charge >= 0.3 is 5.97 Å². The van der Waals surface area contributed by atoms with E-state index in [2.05, 4.69) is 4.90 Å². The summed E-state index contributed by atoms with van der Waals surface area (Å²) >= 11 is 0. The lowest BCUT2D eigenvalue weighted by Crippen LogP contribution is -2.35. The number of nitrogens with zero attached hydrogens (tertiary/aromatic N) is 1. The average Bonchev–Trinajstić information content (AvgIpc) is 2.49. The number of aliphatic carboxylic acids is 1. The Morgan fingerprint density at radius 3 is 2.79 bits per heavy atom. The molecule has 1 aliphatic heterocycles. The Kier molecular flexibility index (Phi) is 3.50. The molecule has 0 amide bonds. The minimum Gasteiger partial charge on any atom is -0.481 e. The standard InChI is InChI=1S/C10H19NO3/c1-8(14-3)6-11-5-4-10(2,7-11)9(12)13/h8H,4-7H2,1-3H3,(H,12,13). The van der Waals surface area contributed by atoms with Crippen LogP contribution in [0.4, 0.5) is 0 Å². The van der Waals surface area contributed by atoms with Crippen LogP contribution in [0.1, 0.15) is 20.3 Å². The van der Waals surface area contributed by atoms with Crippen molar-refractivity contribution < 1.29 is 14.6 Å². The highest BCUT2D eigenvalue weighted by Gasteiger charge is 2.40. The Balaban J connectivity index is 2.45. The SMILES string of the molecule is COC(C)CN1CCC(C)(C(=O)O)C1. The normalized spacial score (nSPS) is 30.5. The zero-order chi connectivity index (χ0) is 10.8. The first-order chi connectivity index (χ1) is 6.48. The summed E-state index contributed by atoms with van der Waals surface area (Å²) in [6, 6.07) is 0. The predicted molar refractivity (Wildman–Crippen MR) is 53.3 cm³/mol. The van der Waals surface area contributed by atoms with E-state index in [9.17, 15) is 4.79 Å². The lowest BCUT2D eigenvalue weighted by atomic mass is 9.90. The van der Waals surface area contributed by atoms with Crippen molar-refractivity contribution in [1.82, 2.24) is 4.90 Å². The molecule has 0 aromatic rings. The Labute approximate surface area is 84.8 Å². The second-order valence-electron chi connectivity index (χ2n) is 4.40. The molecule has 0 spiro atoms. The van der Waals surface area contributed by atoms with Gasteiger partial charge in [0.1, 0.15) is 0 Å². The zero-order valence-electron chi connectivity index (χ0n) is 9.12. The highest BCUT2D eigenvalue weighted by Crippen LogP contribution is 2.29. The van der Waals surface area contributed by atoms with E-state index in [0.717, 1.165) is 19.5 Å². The first kappa shape index (κ1) is 11.5. The van der Waals surface area contributed by atoms with E-state index >= 15 is 0 Å². The maximum atomic E-state index is 11.0. The molecule has 4 nitrogen and oxygen atoms in total. The number of hydrogen-bond donors (Lipinski definition) is 1. The molecular formula is C10H19NO3. The van der Waals surface area contributed by atoms with Gasteiger partial charge in [-0.2, -0.15) is 0 Å². The molecule has 2 atom stereocenters. The lowest BCUT2D eigenvalue weighted by Gasteiger charge is -2.22. The van der Waals surface area contributed by atoms with Crippen molar-refractivity contribution in [3.05, 3.63) is 0 Å². The molecule has 4 heteroatoms. The molecule has 1 N–H and O–H groups in total. The lowest BCUT2D eigenvalue weighted by molar-refractivity contribution is -0.147. The van der Waals surface area contributed by atoms with Crippen LogP contribution in [-0.2, 0) is 9.53 Å². The molecule has 1 rings (SSSR count). The number of ether oxygens (including phenoxy) is 1. The van der Waals surface area contributed by atoms with Crippen molar-refractivity contribution in [1.29, 1.82) is 0 Å². The molecular weight excluding hydrogens is 182 g/mol. The second-order valence-corrected chi connectivity index (χ2v) is 4.40. The molecule has 1 aliphatic rings. The highest BCUT2D eigenvalue weighted by atomic mass is 16.5. The molecule has 14 heavy (non-hydrogen) atoms. The number of carboxylic acids is 1. The molecule has 2 unspecified atom stereocenters. The first-order valence-electron chi connectivity index (χ1n) is 4.96. The molecule has 1 fully saturated rings. The van der Waals surface area contributed by atoms with Crippen LogP contribution in [0.2, 0.25) is 0 Å². The number of methoxy groups -OCH3 is 1. The van der Waals surface area contributed by atoms with Crippen molar-refractivity contribution in [2.75, 3.05) is 26.7 Å². The fraction of sp³-hybridized carbons (Fsp3) is 0.900. The van der Waals surface area contributed by atoms with Gasteiger partial charge in [-0.1, -0.05) is 0 Å². The summed E-state index contributed by atoms with van der Waals surface area (Å²) in [4.78, 5) is 13.1. The Hall–Kier alpha value is -0.610. The van der Waals surface area contributed by atoms with Crippen molar-refractivity contribution in [2.45, 2.75) is 26.4 Å². The van der Waals surface area contributed by atoms with Crippen molar-refractivity contribution in [3.8, 4) is 0 Å². The Morgan fingerprint density at radius 1 is 1.71 bits per heavy atom. The summed E-state index contributed by atoms with van der Waals surface area (Å²) in [6.45, 7) is 6.12. The van der Waals surface area contributed by atoms with Crippen molar-refractivity contribution >= 4 is 5.97 Å². The van der Waals surface area contributed by atoms with E-state index in [1.807, 2.05) is 13.8 Å². The van der Waals surface area contributed by atoms with Crippen molar-refractivity contribution in [3.63, 3.8) is 0 Å². The summed E-state index contributed by atoms with van der Waals surface area (Å²) in [5.74, 6) is -0.690. The fourth-order valence-corrected chi connectivity index (χ4v) is 1.83. The van der Waals surface area contributed by atoms with Gasteiger partial charge in [-0.15, -0.1) is 0 Å².